The highest BCUT2D eigenvalue weighted by Crippen LogP contribution is 2.11. The third-order valence-electron chi connectivity index (χ3n) is 3.16. The van der Waals surface area contributed by atoms with E-state index in [0.29, 0.717) is 11.5 Å². The van der Waals surface area contributed by atoms with Gasteiger partial charge in [0.25, 0.3) is 5.91 Å². The molecule has 7 nitrogen and oxygen atoms in total. The molecule has 23 heavy (non-hydrogen) atoms. The normalized spacial score (nSPS) is 11.8. The molecular weight excluding hydrogens is 296 g/mol. The number of carboxylic acid groups (broad SMARTS) is 1. The smallest absolute Gasteiger partial charge is 0.326 e. The summed E-state index contributed by atoms with van der Waals surface area (Å²) in [6, 6.07) is 11.3. The third-order valence-corrected chi connectivity index (χ3v) is 3.16. The summed E-state index contributed by atoms with van der Waals surface area (Å²) in [6.45, 7) is 3.59. The van der Waals surface area contributed by atoms with Gasteiger partial charge in [-0.2, -0.15) is 0 Å². The average Bonchev–Trinajstić information content (AvgIpc) is 2.53. The van der Waals surface area contributed by atoms with Gasteiger partial charge in [-0.3, -0.25) is 4.79 Å². The number of para-hydroxylation sites is 1. The van der Waals surface area contributed by atoms with Gasteiger partial charge in [-0.1, -0.05) is 32.0 Å². The molecule has 1 aromatic carbocycles. The van der Waals surface area contributed by atoms with Gasteiger partial charge in [0, 0.05) is 5.69 Å². The van der Waals surface area contributed by atoms with Crippen LogP contribution in [0.3, 0.4) is 0 Å². The number of rotatable bonds is 6. The van der Waals surface area contributed by atoms with Gasteiger partial charge < -0.3 is 15.7 Å². The maximum absolute atomic E-state index is 12.0. The molecule has 1 amide bonds. The van der Waals surface area contributed by atoms with E-state index in [4.69, 9.17) is 5.11 Å². The van der Waals surface area contributed by atoms with Crippen molar-refractivity contribution in [3.8, 4) is 0 Å². The molecule has 0 saturated heterocycles. The van der Waals surface area contributed by atoms with Gasteiger partial charge in [-0.25, -0.2) is 4.79 Å². The summed E-state index contributed by atoms with van der Waals surface area (Å²) < 4.78 is 0. The van der Waals surface area contributed by atoms with Crippen molar-refractivity contribution in [2.45, 2.75) is 19.9 Å². The van der Waals surface area contributed by atoms with Crippen molar-refractivity contribution in [3.63, 3.8) is 0 Å². The summed E-state index contributed by atoms with van der Waals surface area (Å²) in [5.74, 6) is -1.15. The summed E-state index contributed by atoms with van der Waals surface area (Å²) in [6.07, 6.45) is 0. The Hall–Kier alpha value is -2.96. The number of hydrogen-bond donors (Lipinski definition) is 3. The number of carboxylic acids is 1. The van der Waals surface area contributed by atoms with Gasteiger partial charge in [-0.15, -0.1) is 10.2 Å². The highest BCUT2D eigenvalue weighted by molar-refractivity contribution is 6.02. The third kappa shape index (κ3) is 4.50. The monoisotopic (exact) mass is 314 g/mol. The Labute approximate surface area is 133 Å². The molecule has 2 aromatic rings. The van der Waals surface area contributed by atoms with Gasteiger partial charge >= 0.3 is 5.97 Å². The van der Waals surface area contributed by atoms with Crippen LogP contribution in [-0.4, -0.2) is 33.2 Å². The van der Waals surface area contributed by atoms with E-state index in [-0.39, 0.29) is 17.5 Å². The van der Waals surface area contributed by atoms with Crippen molar-refractivity contribution in [1.82, 2.24) is 10.2 Å². The summed E-state index contributed by atoms with van der Waals surface area (Å²) in [5, 5.41) is 22.3. The van der Waals surface area contributed by atoms with Crippen LogP contribution >= 0.6 is 0 Å². The van der Waals surface area contributed by atoms with E-state index in [9.17, 15) is 9.59 Å². The fourth-order valence-corrected chi connectivity index (χ4v) is 1.92. The minimum atomic E-state index is -0.965. The number of amides is 1. The molecule has 0 aliphatic rings. The first kappa shape index (κ1) is 16.4. The van der Waals surface area contributed by atoms with Crippen LogP contribution in [-0.2, 0) is 4.79 Å². The first-order valence-corrected chi connectivity index (χ1v) is 7.17. The zero-order chi connectivity index (χ0) is 16.8. The number of carbonyl (C=O) groups is 2. The van der Waals surface area contributed by atoms with E-state index >= 15 is 0 Å². The summed E-state index contributed by atoms with van der Waals surface area (Å²) >= 11 is 0. The molecular formula is C16H18N4O3. The second kappa shape index (κ2) is 7.35. The molecule has 2 rings (SSSR count). The molecule has 7 heteroatoms. The van der Waals surface area contributed by atoms with Crippen molar-refractivity contribution in [3.05, 3.63) is 48.2 Å². The molecule has 0 fully saturated rings. The number of nitrogens with one attached hydrogen (secondary N) is 2. The fourth-order valence-electron chi connectivity index (χ4n) is 1.92. The summed E-state index contributed by atoms with van der Waals surface area (Å²) in [5.41, 5.74) is 0.808. The second-order valence-corrected chi connectivity index (χ2v) is 5.33. The fraction of sp³-hybridized carbons (Fsp3) is 0.250. The van der Waals surface area contributed by atoms with Crippen LogP contribution in [0.15, 0.2) is 42.5 Å². The van der Waals surface area contributed by atoms with Crippen molar-refractivity contribution in [1.29, 1.82) is 0 Å². The van der Waals surface area contributed by atoms with E-state index < -0.39 is 12.0 Å². The lowest BCUT2D eigenvalue weighted by molar-refractivity contribution is -0.138. The molecule has 0 saturated carbocycles. The average molecular weight is 314 g/mol. The van der Waals surface area contributed by atoms with Crippen molar-refractivity contribution in [2.24, 2.45) is 5.92 Å². The van der Waals surface area contributed by atoms with Crippen LogP contribution in [0.2, 0.25) is 0 Å². The summed E-state index contributed by atoms with van der Waals surface area (Å²) in [4.78, 5) is 23.2. The van der Waals surface area contributed by atoms with E-state index in [1.54, 1.807) is 26.0 Å². The number of hydrogen-bond acceptors (Lipinski definition) is 5. The molecule has 0 radical (unpaired) electrons. The van der Waals surface area contributed by atoms with Gasteiger partial charge in [-0.05, 0) is 30.2 Å². The minimum Gasteiger partial charge on any atom is -0.480 e. The molecule has 120 valence electrons. The summed E-state index contributed by atoms with van der Waals surface area (Å²) in [7, 11) is 0. The van der Waals surface area contributed by atoms with Crippen LogP contribution in [0, 0.1) is 5.92 Å². The number of anilines is 2. The molecule has 0 aliphatic heterocycles. The molecule has 0 spiro atoms. The lowest BCUT2D eigenvalue weighted by atomic mass is 10.1. The number of carbonyl (C=O) groups excluding carboxylic acids is 1. The Bertz CT molecular complexity index is 671. The first-order chi connectivity index (χ1) is 11.0. The molecule has 1 aromatic heterocycles. The predicted molar refractivity (Wildman–Crippen MR) is 86.3 cm³/mol. The molecule has 0 aliphatic carbocycles. The Morgan fingerprint density at radius 2 is 1.74 bits per heavy atom. The van der Waals surface area contributed by atoms with Gasteiger partial charge in [0.05, 0.1) is 0 Å². The Morgan fingerprint density at radius 1 is 1.04 bits per heavy atom. The number of nitrogens with zero attached hydrogens (tertiary/aromatic N) is 2. The van der Waals surface area contributed by atoms with Crippen LogP contribution in [0.4, 0.5) is 11.5 Å². The standard InChI is InChI=1S/C16H18N4O3/c1-10(2)14(16(22)23)18-13-9-8-12(19-20-13)15(21)17-11-6-4-3-5-7-11/h3-10,14H,1-2H3,(H,17,21)(H,18,20)(H,22,23)/t14-/m1/s1. The largest absolute Gasteiger partial charge is 0.480 e. The van der Waals surface area contributed by atoms with E-state index in [2.05, 4.69) is 20.8 Å². The highest BCUT2D eigenvalue weighted by atomic mass is 16.4. The van der Waals surface area contributed by atoms with Crippen molar-refractivity contribution >= 4 is 23.4 Å². The number of aromatic nitrogens is 2. The van der Waals surface area contributed by atoms with E-state index in [1.165, 1.54) is 12.1 Å². The van der Waals surface area contributed by atoms with Crippen LogP contribution in [0.5, 0.6) is 0 Å². The lowest BCUT2D eigenvalue weighted by Crippen LogP contribution is -2.34. The molecule has 3 N–H and O–H groups in total. The van der Waals surface area contributed by atoms with Gasteiger partial charge in [0.1, 0.15) is 11.9 Å². The molecule has 0 unspecified atom stereocenters. The zero-order valence-corrected chi connectivity index (χ0v) is 12.9. The predicted octanol–water partition coefficient (Wildman–Crippen LogP) is 2.25. The van der Waals surface area contributed by atoms with Crippen LogP contribution in [0.25, 0.3) is 0 Å². The SMILES string of the molecule is CC(C)[C@@H](Nc1ccc(C(=O)Nc2ccccc2)nn1)C(=O)O. The van der Waals surface area contributed by atoms with Crippen LogP contribution < -0.4 is 10.6 Å². The van der Waals surface area contributed by atoms with Gasteiger partial charge in [0.15, 0.2) is 5.69 Å². The molecule has 1 heterocycles. The maximum Gasteiger partial charge on any atom is 0.326 e. The quantitative estimate of drug-likeness (QED) is 0.755. The Kier molecular flexibility index (Phi) is 5.24. The number of aliphatic carboxylic acids is 1. The number of benzene rings is 1. The minimum absolute atomic E-state index is 0.115. The Balaban J connectivity index is 2.04. The van der Waals surface area contributed by atoms with Crippen molar-refractivity contribution < 1.29 is 14.7 Å². The molecule has 1 atom stereocenters. The Morgan fingerprint density at radius 3 is 2.26 bits per heavy atom. The first-order valence-electron chi connectivity index (χ1n) is 7.17. The van der Waals surface area contributed by atoms with Crippen molar-refractivity contribution in [2.75, 3.05) is 10.6 Å². The van der Waals surface area contributed by atoms with E-state index in [0.717, 1.165) is 0 Å². The highest BCUT2D eigenvalue weighted by Gasteiger charge is 2.21. The van der Waals surface area contributed by atoms with Crippen LogP contribution in [0.1, 0.15) is 24.3 Å². The second-order valence-electron chi connectivity index (χ2n) is 5.33. The van der Waals surface area contributed by atoms with Gasteiger partial charge in [0.2, 0.25) is 0 Å². The topological polar surface area (TPSA) is 104 Å². The zero-order valence-electron chi connectivity index (χ0n) is 12.9. The molecule has 0 bridgehead atoms. The maximum atomic E-state index is 12.0. The lowest BCUT2D eigenvalue weighted by Gasteiger charge is -2.17. The van der Waals surface area contributed by atoms with E-state index in [1.807, 2.05) is 18.2 Å².